The summed E-state index contributed by atoms with van der Waals surface area (Å²) in [6.07, 6.45) is 5.32. The summed E-state index contributed by atoms with van der Waals surface area (Å²) < 4.78 is 2.72. The van der Waals surface area contributed by atoms with Gasteiger partial charge < -0.3 is 15.2 Å². The van der Waals surface area contributed by atoms with Crippen LogP contribution in [-0.2, 0) is 4.79 Å². The van der Waals surface area contributed by atoms with Crippen molar-refractivity contribution in [2.75, 3.05) is 6.54 Å². The van der Waals surface area contributed by atoms with Crippen LogP contribution in [0.15, 0.2) is 71.7 Å². The number of nitrogens with one attached hydrogen (secondary N) is 2. The molecule has 7 heteroatoms. The highest BCUT2D eigenvalue weighted by molar-refractivity contribution is 9.10. The van der Waals surface area contributed by atoms with Crippen molar-refractivity contribution in [2.45, 2.75) is 13.0 Å². The van der Waals surface area contributed by atoms with Crippen LogP contribution in [0.3, 0.4) is 0 Å². The number of hydrogen-bond donors (Lipinski definition) is 2. The van der Waals surface area contributed by atoms with Gasteiger partial charge in [0.1, 0.15) is 0 Å². The molecule has 0 radical (unpaired) electrons. The van der Waals surface area contributed by atoms with Gasteiger partial charge in [-0.1, -0.05) is 34.1 Å². The van der Waals surface area contributed by atoms with Crippen molar-refractivity contribution in [3.63, 3.8) is 0 Å². The normalized spacial score (nSPS) is 11.6. The van der Waals surface area contributed by atoms with Gasteiger partial charge in [0.25, 0.3) is 5.91 Å². The van der Waals surface area contributed by atoms with Gasteiger partial charge in [0.05, 0.1) is 18.9 Å². The molecule has 0 saturated carbocycles. The Balaban J connectivity index is 1.52. The summed E-state index contributed by atoms with van der Waals surface area (Å²) in [6, 6.07) is 14.7. The first-order chi connectivity index (χ1) is 13.0. The molecule has 138 valence electrons. The molecule has 0 aliphatic heterocycles. The van der Waals surface area contributed by atoms with E-state index in [4.69, 9.17) is 0 Å². The Morgan fingerprint density at radius 1 is 1.19 bits per heavy atom. The number of carbonyl (C=O) groups excluding carboxylic acids is 2. The summed E-state index contributed by atoms with van der Waals surface area (Å²) in [5.74, 6) is -0.534. The molecule has 6 nitrogen and oxygen atoms in total. The second-order valence-corrected chi connectivity index (χ2v) is 6.96. The average molecular weight is 427 g/mol. The van der Waals surface area contributed by atoms with Crippen LogP contribution in [0.1, 0.15) is 28.9 Å². The molecule has 1 aromatic heterocycles. The van der Waals surface area contributed by atoms with E-state index in [1.54, 1.807) is 30.7 Å². The molecule has 1 atom stereocenters. The molecule has 1 heterocycles. The smallest absolute Gasteiger partial charge is 0.251 e. The molecule has 0 aliphatic carbocycles. The zero-order valence-electron chi connectivity index (χ0n) is 14.7. The topological polar surface area (TPSA) is 76.0 Å². The minimum absolute atomic E-state index is 0.0805. The monoisotopic (exact) mass is 426 g/mol. The predicted octanol–water partition coefficient (Wildman–Crippen LogP) is 3.24. The second-order valence-electron chi connectivity index (χ2n) is 6.04. The number of aromatic nitrogens is 2. The fourth-order valence-electron chi connectivity index (χ4n) is 2.62. The van der Waals surface area contributed by atoms with E-state index in [0.29, 0.717) is 5.56 Å². The number of amides is 2. The van der Waals surface area contributed by atoms with Crippen LogP contribution in [0.5, 0.6) is 0 Å². The lowest BCUT2D eigenvalue weighted by Gasteiger charge is -2.15. The van der Waals surface area contributed by atoms with Crippen LogP contribution in [-0.4, -0.2) is 27.9 Å². The van der Waals surface area contributed by atoms with E-state index in [-0.39, 0.29) is 24.4 Å². The molecular formula is C20H19BrN4O2. The summed E-state index contributed by atoms with van der Waals surface area (Å²) in [5.41, 5.74) is 2.47. The van der Waals surface area contributed by atoms with Crippen LogP contribution >= 0.6 is 15.9 Å². The van der Waals surface area contributed by atoms with E-state index in [1.165, 1.54) is 0 Å². The number of nitrogens with zero attached hydrogens (tertiary/aromatic N) is 2. The average Bonchev–Trinajstić information content (AvgIpc) is 3.21. The minimum atomic E-state index is -0.288. The van der Waals surface area contributed by atoms with Crippen molar-refractivity contribution >= 4 is 27.7 Å². The van der Waals surface area contributed by atoms with E-state index in [0.717, 1.165) is 15.7 Å². The number of carbonyl (C=O) groups is 2. The molecule has 0 spiro atoms. The van der Waals surface area contributed by atoms with Crippen molar-refractivity contribution in [3.8, 4) is 5.69 Å². The Kier molecular flexibility index (Phi) is 6.03. The first kappa shape index (κ1) is 18.8. The summed E-state index contributed by atoms with van der Waals surface area (Å²) >= 11 is 3.32. The van der Waals surface area contributed by atoms with E-state index in [1.807, 2.05) is 48.0 Å². The maximum Gasteiger partial charge on any atom is 0.251 e. The fourth-order valence-corrected chi connectivity index (χ4v) is 3.01. The van der Waals surface area contributed by atoms with E-state index in [2.05, 4.69) is 31.5 Å². The van der Waals surface area contributed by atoms with Crippen molar-refractivity contribution in [3.05, 3.63) is 82.9 Å². The number of benzene rings is 2. The Bertz CT molecular complexity index is 923. The lowest BCUT2D eigenvalue weighted by Crippen LogP contribution is -2.38. The van der Waals surface area contributed by atoms with Gasteiger partial charge in [0.15, 0.2) is 0 Å². The van der Waals surface area contributed by atoms with Gasteiger partial charge in [-0.25, -0.2) is 4.98 Å². The minimum Gasteiger partial charge on any atom is -0.348 e. The number of halogens is 1. The fraction of sp³-hybridized carbons (Fsp3) is 0.150. The highest BCUT2D eigenvalue weighted by atomic mass is 79.9. The lowest BCUT2D eigenvalue weighted by atomic mass is 10.1. The molecule has 2 aromatic carbocycles. The zero-order valence-corrected chi connectivity index (χ0v) is 16.3. The van der Waals surface area contributed by atoms with Gasteiger partial charge in [-0.15, -0.1) is 0 Å². The molecule has 0 fully saturated rings. The van der Waals surface area contributed by atoms with Crippen LogP contribution in [0.4, 0.5) is 0 Å². The highest BCUT2D eigenvalue weighted by Crippen LogP contribution is 2.15. The third kappa shape index (κ3) is 5.04. The maximum atomic E-state index is 12.1. The third-order valence-corrected chi connectivity index (χ3v) is 4.56. The second kappa shape index (κ2) is 8.64. The Hall–Kier alpha value is -2.93. The lowest BCUT2D eigenvalue weighted by molar-refractivity contribution is -0.120. The quantitative estimate of drug-likeness (QED) is 0.634. The maximum absolute atomic E-state index is 12.1. The zero-order chi connectivity index (χ0) is 19.2. The van der Waals surface area contributed by atoms with Gasteiger partial charge in [-0.05, 0) is 42.8 Å². The van der Waals surface area contributed by atoms with Crippen molar-refractivity contribution in [2.24, 2.45) is 0 Å². The number of hydrogen-bond acceptors (Lipinski definition) is 3. The summed E-state index contributed by atoms with van der Waals surface area (Å²) in [6.45, 7) is 1.82. The SMILES string of the molecule is CC(NC(=O)CNC(=O)c1cccc(Br)c1)c1ccc(-n2ccnc2)cc1. The van der Waals surface area contributed by atoms with Gasteiger partial charge >= 0.3 is 0 Å². The summed E-state index contributed by atoms with van der Waals surface area (Å²) in [4.78, 5) is 28.2. The first-order valence-corrected chi connectivity index (χ1v) is 9.23. The standard InChI is InChI=1S/C20H19BrN4O2/c1-14(15-5-7-18(8-6-15)25-10-9-22-13-25)24-19(26)12-23-20(27)16-3-2-4-17(21)11-16/h2-11,13-14H,12H2,1H3,(H,23,27)(H,24,26). The molecule has 2 N–H and O–H groups in total. The number of imidazole rings is 1. The van der Waals surface area contributed by atoms with Crippen LogP contribution in [0.25, 0.3) is 5.69 Å². The van der Waals surface area contributed by atoms with Gasteiger partial charge in [0, 0.05) is 28.1 Å². The molecule has 0 saturated heterocycles. The van der Waals surface area contributed by atoms with Crippen molar-refractivity contribution < 1.29 is 9.59 Å². The number of rotatable bonds is 6. The van der Waals surface area contributed by atoms with E-state index < -0.39 is 0 Å². The summed E-state index contributed by atoms with van der Waals surface area (Å²) in [7, 11) is 0. The summed E-state index contributed by atoms with van der Waals surface area (Å²) in [5, 5.41) is 5.51. The van der Waals surface area contributed by atoms with Crippen LogP contribution < -0.4 is 10.6 Å². The van der Waals surface area contributed by atoms with Crippen molar-refractivity contribution in [1.29, 1.82) is 0 Å². The highest BCUT2D eigenvalue weighted by Gasteiger charge is 2.12. The van der Waals surface area contributed by atoms with E-state index >= 15 is 0 Å². The third-order valence-electron chi connectivity index (χ3n) is 4.07. The van der Waals surface area contributed by atoms with Crippen molar-refractivity contribution in [1.82, 2.24) is 20.2 Å². The first-order valence-electron chi connectivity index (χ1n) is 8.44. The molecule has 2 amide bonds. The predicted molar refractivity (Wildman–Crippen MR) is 107 cm³/mol. The molecule has 1 unspecified atom stereocenters. The van der Waals surface area contributed by atoms with Gasteiger partial charge in [-0.3, -0.25) is 9.59 Å². The van der Waals surface area contributed by atoms with Gasteiger partial charge in [-0.2, -0.15) is 0 Å². The van der Waals surface area contributed by atoms with Gasteiger partial charge in [0.2, 0.25) is 5.91 Å². The van der Waals surface area contributed by atoms with Crippen LogP contribution in [0, 0.1) is 0 Å². The Morgan fingerprint density at radius 2 is 1.96 bits per heavy atom. The molecular weight excluding hydrogens is 408 g/mol. The Morgan fingerprint density at radius 3 is 2.63 bits per heavy atom. The molecule has 27 heavy (non-hydrogen) atoms. The Labute approximate surface area is 165 Å². The van der Waals surface area contributed by atoms with Crippen LogP contribution in [0.2, 0.25) is 0 Å². The molecule has 0 aliphatic rings. The largest absolute Gasteiger partial charge is 0.348 e. The van der Waals surface area contributed by atoms with E-state index in [9.17, 15) is 9.59 Å². The molecule has 0 bridgehead atoms. The molecule has 3 aromatic rings. The molecule has 3 rings (SSSR count).